The number of pyridine rings is 1. The van der Waals surface area contributed by atoms with Gasteiger partial charge in [0.15, 0.2) is 5.65 Å². The highest BCUT2D eigenvalue weighted by Gasteiger charge is 2.18. The summed E-state index contributed by atoms with van der Waals surface area (Å²) in [5.41, 5.74) is 4.84. The number of nitrogens with zero attached hydrogens (tertiary/aromatic N) is 3. The van der Waals surface area contributed by atoms with Crippen molar-refractivity contribution in [1.29, 1.82) is 0 Å². The molecule has 3 heterocycles. The summed E-state index contributed by atoms with van der Waals surface area (Å²) in [6.45, 7) is 11.7. The van der Waals surface area contributed by atoms with Gasteiger partial charge in [0, 0.05) is 41.5 Å². The lowest BCUT2D eigenvalue weighted by Gasteiger charge is -2.29. The van der Waals surface area contributed by atoms with Crippen molar-refractivity contribution >= 4 is 28.7 Å². The van der Waals surface area contributed by atoms with Gasteiger partial charge >= 0.3 is 0 Å². The molecule has 26 heavy (non-hydrogen) atoms. The van der Waals surface area contributed by atoms with E-state index in [0.717, 1.165) is 32.0 Å². The van der Waals surface area contributed by atoms with Crippen LogP contribution in [0.2, 0.25) is 0 Å². The SMILES string of the molecule is CC.Cc1ccc(Sn2cc(C)c3c(N4CCOCC4)ccnc32)cc1. The van der Waals surface area contributed by atoms with Gasteiger partial charge in [0.25, 0.3) is 0 Å². The second kappa shape index (κ2) is 8.60. The van der Waals surface area contributed by atoms with Crippen molar-refractivity contribution in [3.05, 3.63) is 53.9 Å². The number of hydrogen-bond donors (Lipinski definition) is 0. The molecule has 0 N–H and O–H groups in total. The Hall–Kier alpha value is -1.98. The van der Waals surface area contributed by atoms with E-state index in [4.69, 9.17) is 4.74 Å². The number of ether oxygens (including phenoxy) is 1. The number of morpholine rings is 1. The molecule has 5 heteroatoms. The summed E-state index contributed by atoms with van der Waals surface area (Å²) in [6, 6.07) is 10.7. The van der Waals surface area contributed by atoms with Crippen molar-refractivity contribution in [1.82, 2.24) is 8.96 Å². The summed E-state index contributed by atoms with van der Waals surface area (Å²) in [6.07, 6.45) is 4.10. The molecule has 0 bridgehead atoms. The Balaban J connectivity index is 0.000000948. The normalized spacial score (nSPS) is 14.2. The molecule has 1 fully saturated rings. The monoisotopic (exact) mass is 369 g/mol. The van der Waals surface area contributed by atoms with E-state index in [1.165, 1.54) is 27.1 Å². The number of fused-ring (bicyclic) bond motifs is 1. The van der Waals surface area contributed by atoms with Crippen LogP contribution in [0.5, 0.6) is 0 Å². The van der Waals surface area contributed by atoms with Gasteiger partial charge in [0.2, 0.25) is 0 Å². The molecule has 1 aliphatic rings. The molecule has 0 unspecified atom stereocenters. The molecule has 1 saturated heterocycles. The molecule has 0 spiro atoms. The molecule has 4 rings (SSSR count). The maximum absolute atomic E-state index is 5.49. The number of benzene rings is 1. The molecule has 1 aromatic carbocycles. The molecular weight excluding hydrogens is 342 g/mol. The van der Waals surface area contributed by atoms with Gasteiger partial charge in [-0.1, -0.05) is 31.5 Å². The molecule has 0 atom stereocenters. The first kappa shape index (κ1) is 18.8. The van der Waals surface area contributed by atoms with E-state index >= 15 is 0 Å². The number of hydrogen-bond acceptors (Lipinski definition) is 4. The lowest BCUT2D eigenvalue weighted by molar-refractivity contribution is 0.123. The van der Waals surface area contributed by atoms with Gasteiger partial charge in [0.1, 0.15) is 0 Å². The van der Waals surface area contributed by atoms with Crippen LogP contribution in [0.25, 0.3) is 11.0 Å². The highest BCUT2D eigenvalue weighted by Crippen LogP contribution is 2.34. The van der Waals surface area contributed by atoms with Crippen LogP contribution in [0.3, 0.4) is 0 Å². The smallest absolute Gasteiger partial charge is 0.152 e. The standard InChI is InChI=1S/C19H21N3OS.C2H6/c1-14-3-5-16(6-4-14)24-22-13-15(2)18-17(7-8-20-19(18)22)21-9-11-23-12-10-21;1-2/h3-8,13H,9-12H2,1-2H3;1-2H3. The molecule has 0 amide bonds. The average Bonchev–Trinajstić information content (AvgIpc) is 3.02. The lowest BCUT2D eigenvalue weighted by atomic mass is 10.2. The molecule has 4 nitrogen and oxygen atoms in total. The fourth-order valence-electron chi connectivity index (χ4n) is 3.14. The fourth-order valence-corrected chi connectivity index (χ4v) is 4.06. The van der Waals surface area contributed by atoms with Crippen molar-refractivity contribution in [3.8, 4) is 0 Å². The van der Waals surface area contributed by atoms with Crippen molar-refractivity contribution in [2.24, 2.45) is 0 Å². The Morgan fingerprint density at radius 1 is 1.00 bits per heavy atom. The average molecular weight is 370 g/mol. The summed E-state index contributed by atoms with van der Waals surface area (Å²) in [4.78, 5) is 8.28. The Bertz CT molecular complexity index is 852. The van der Waals surface area contributed by atoms with Crippen LogP contribution >= 0.6 is 11.9 Å². The zero-order valence-electron chi connectivity index (χ0n) is 16.0. The van der Waals surface area contributed by atoms with E-state index in [-0.39, 0.29) is 0 Å². The minimum absolute atomic E-state index is 0.793. The van der Waals surface area contributed by atoms with Crippen LogP contribution in [-0.2, 0) is 4.74 Å². The third kappa shape index (κ3) is 3.89. The summed E-state index contributed by atoms with van der Waals surface area (Å²) < 4.78 is 7.67. The Morgan fingerprint density at radius 3 is 2.38 bits per heavy atom. The number of rotatable bonds is 3. The van der Waals surface area contributed by atoms with Crippen molar-refractivity contribution in [2.75, 3.05) is 31.2 Å². The van der Waals surface area contributed by atoms with E-state index in [2.05, 4.69) is 64.2 Å². The lowest BCUT2D eigenvalue weighted by Crippen LogP contribution is -2.36. The maximum atomic E-state index is 5.49. The molecule has 0 aliphatic carbocycles. The topological polar surface area (TPSA) is 30.3 Å². The summed E-state index contributed by atoms with van der Waals surface area (Å²) in [7, 11) is 0. The van der Waals surface area contributed by atoms with E-state index in [1.807, 2.05) is 20.0 Å². The largest absolute Gasteiger partial charge is 0.378 e. The zero-order valence-corrected chi connectivity index (χ0v) is 16.8. The maximum Gasteiger partial charge on any atom is 0.152 e. The van der Waals surface area contributed by atoms with Crippen LogP contribution in [0, 0.1) is 13.8 Å². The quantitative estimate of drug-likeness (QED) is 0.645. The zero-order chi connectivity index (χ0) is 18.5. The highest BCUT2D eigenvalue weighted by molar-refractivity contribution is 7.98. The minimum atomic E-state index is 0.793. The second-order valence-electron chi connectivity index (χ2n) is 6.17. The van der Waals surface area contributed by atoms with Gasteiger partial charge in [-0.15, -0.1) is 0 Å². The number of aromatic nitrogens is 2. The predicted octanol–water partition coefficient (Wildman–Crippen LogP) is 5.07. The van der Waals surface area contributed by atoms with E-state index in [0.29, 0.717) is 0 Å². The molecule has 0 radical (unpaired) electrons. The predicted molar refractivity (Wildman–Crippen MR) is 111 cm³/mol. The van der Waals surface area contributed by atoms with Gasteiger partial charge in [-0.25, -0.2) is 4.98 Å². The second-order valence-corrected chi connectivity index (χ2v) is 7.22. The number of aryl methyl sites for hydroxylation is 2. The third-order valence-electron chi connectivity index (χ3n) is 4.40. The highest BCUT2D eigenvalue weighted by atomic mass is 32.2. The molecule has 138 valence electrons. The van der Waals surface area contributed by atoms with Crippen molar-refractivity contribution in [3.63, 3.8) is 0 Å². The van der Waals surface area contributed by atoms with E-state index in [9.17, 15) is 0 Å². The van der Waals surface area contributed by atoms with Crippen LogP contribution in [-0.4, -0.2) is 35.3 Å². The molecule has 3 aromatic rings. The summed E-state index contributed by atoms with van der Waals surface area (Å²) in [5, 5.41) is 1.25. The third-order valence-corrected chi connectivity index (χ3v) is 5.36. The van der Waals surface area contributed by atoms with E-state index < -0.39 is 0 Å². The molecule has 0 saturated carbocycles. The molecule has 2 aromatic heterocycles. The van der Waals surface area contributed by atoms with Gasteiger partial charge < -0.3 is 9.64 Å². The molecule has 1 aliphatic heterocycles. The fraction of sp³-hybridized carbons (Fsp3) is 0.381. The van der Waals surface area contributed by atoms with Gasteiger partial charge in [0.05, 0.1) is 13.2 Å². The Kier molecular flexibility index (Phi) is 6.22. The van der Waals surface area contributed by atoms with Gasteiger partial charge in [-0.2, -0.15) is 0 Å². The minimum Gasteiger partial charge on any atom is -0.378 e. The van der Waals surface area contributed by atoms with Crippen molar-refractivity contribution < 1.29 is 4.74 Å². The van der Waals surface area contributed by atoms with E-state index in [1.54, 1.807) is 11.9 Å². The van der Waals surface area contributed by atoms with Gasteiger partial charge in [-0.3, -0.25) is 3.97 Å². The number of anilines is 1. The summed E-state index contributed by atoms with van der Waals surface area (Å²) in [5.74, 6) is 0. The first-order valence-corrected chi connectivity index (χ1v) is 10.0. The summed E-state index contributed by atoms with van der Waals surface area (Å²) >= 11 is 1.71. The Morgan fingerprint density at radius 2 is 1.69 bits per heavy atom. The van der Waals surface area contributed by atoms with Crippen LogP contribution in [0.1, 0.15) is 25.0 Å². The first-order chi connectivity index (χ1) is 12.7. The molecular formula is C21H27N3OS. The van der Waals surface area contributed by atoms with Crippen molar-refractivity contribution in [2.45, 2.75) is 32.6 Å². The Labute approximate surface area is 160 Å². The van der Waals surface area contributed by atoms with Crippen LogP contribution in [0.15, 0.2) is 47.6 Å². The van der Waals surface area contributed by atoms with Crippen LogP contribution in [0.4, 0.5) is 5.69 Å². The van der Waals surface area contributed by atoms with Crippen LogP contribution < -0.4 is 4.90 Å². The first-order valence-electron chi connectivity index (χ1n) is 9.27. The van der Waals surface area contributed by atoms with Gasteiger partial charge in [-0.05, 0) is 49.6 Å².